The highest BCUT2D eigenvalue weighted by atomic mass is 32.1. The Balaban J connectivity index is 1.39. The molecule has 0 saturated heterocycles. The minimum Gasteiger partial charge on any atom is -0.294 e. The monoisotopic (exact) mass is 582 g/mol. The number of halogens is 4. The molecule has 0 aromatic carbocycles. The van der Waals surface area contributed by atoms with Gasteiger partial charge in [0.15, 0.2) is 5.78 Å². The van der Waals surface area contributed by atoms with Crippen molar-refractivity contribution < 1.29 is 41.5 Å². The summed E-state index contributed by atoms with van der Waals surface area (Å²) < 4.78 is 53.4. The van der Waals surface area contributed by atoms with Gasteiger partial charge in [-0.15, -0.1) is 45.3 Å². The van der Waals surface area contributed by atoms with E-state index >= 15 is 0 Å². The van der Waals surface area contributed by atoms with Crippen molar-refractivity contribution in [2.75, 3.05) is 0 Å². The van der Waals surface area contributed by atoms with Crippen LogP contribution in [0.5, 0.6) is 0 Å². The average Bonchev–Trinajstić information content (AvgIpc) is 3.65. The molecule has 0 spiro atoms. The lowest BCUT2D eigenvalue weighted by molar-refractivity contribution is 0.0190. The number of thiophene rings is 2. The van der Waals surface area contributed by atoms with Crippen molar-refractivity contribution in [2.24, 2.45) is 0 Å². The van der Waals surface area contributed by atoms with Gasteiger partial charge < -0.3 is 0 Å². The largest absolute Gasteiger partial charge is 0.372 e. The molecular formula is C22H6F4N2O5S4. The lowest BCUT2D eigenvalue weighted by Gasteiger charge is -2.02. The fourth-order valence-electron chi connectivity index (χ4n) is 3.89. The van der Waals surface area contributed by atoms with Gasteiger partial charge in [-0.3, -0.25) is 24.0 Å². The Bertz CT molecular complexity index is 1720. The molecule has 2 aliphatic carbocycles. The van der Waals surface area contributed by atoms with Crippen LogP contribution in [0.1, 0.15) is 63.2 Å². The highest BCUT2D eigenvalue weighted by Gasteiger charge is 2.56. The highest BCUT2D eigenvalue weighted by molar-refractivity contribution is 7.29. The van der Waals surface area contributed by atoms with Crippen LogP contribution >= 0.6 is 45.3 Å². The van der Waals surface area contributed by atoms with Crippen LogP contribution in [0.2, 0.25) is 0 Å². The number of hydrogen-bond acceptors (Lipinski definition) is 11. The van der Waals surface area contributed by atoms with E-state index in [0.717, 1.165) is 53.1 Å². The summed E-state index contributed by atoms with van der Waals surface area (Å²) in [7, 11) is 0. The quantitative estimate of drug-likeness (QED) is 0.143. The molecule has 2 aliphatic rings. The third-order valence-electron chi connectivity index (χ3n) is 5.58. The van der Waals surface area contributed by atoms with Gasteiger partial charge in [0.25, 0.3) is 5.78 Å². The summed E-state index contributed by atoms with van der Waals surface area (Å²) in [6, 6.07) is 2.32. The third-order valence-corrected chi connectivity index (χ3v) is 10.6. The van der Waals surface area contributed by atoms with Gasteiger partial charge in [-0.25, -0.2) is 18.7 Å². The minimum atomic E-state index is -4.09. The maximum atomic E-state index is 13.7. The molecule has 0 unspecified atom stereocenters. The first-order valence-electron chi connectivity index (χ1n) is 10.1. The molecule has 0 N–H and O–H groups in total. The number of carbonyl (C=O) groups excluding carboxylic acids is 5. The van der Waals surface area contributed by atoms with E-state index in [1.807, 2.05) is 0 Å². The molecule has 0 fully saturated rings. The summed E-state index contributed by atoms with van der Waals surface area (Å²) in [5.41, 5.74) is -0.657. The van der Waals surface area contributed by atoms with Gasteiger partial charge in [0.1, 0.15) is 21.4 Å². The zero-order valence-corrected chi connectivity index (χ0v) is 21.1. The molecule has 6 rings (SSSR count). The zero-order valence-electron chi connectivity index (χ0n) is 17.8. The molecule has 0 atom stereocenters. The first-order valence-corrected chi connectivity index (χ1v) is 13.3. The molecule has 7 nitrogen and oxygen atoms in total. The van der Waals surface area contributed by atoms with Crippen LogP contribution in [0, 0.1) is 0 Å². The SMILES string of the molecule is CC(=O)c1sc(-c2nc3c(s2)-c2sc(-c4cc5c(s4)C(=O)C(F)(F)C5=O)nc2C3=O)cc1C(=O)C(F)F. The molecule has 15 heteroatoms. The van der Waals surface area contributed by atoms with Crippen molar-refractivity contribution in [3.63, 3.8) is 0 Å². The van der Waals surface area contributed by atoms with Gasteiger partial charge in [-0.2, -0.15) is 8.78 Å². The van der Waals surface area contributed by atoms with E-state index in [2.05, 4.69) is 9.97 Å². The number of aromatic nitrogens is 2. The minimum absolute atomic E-state index is 0.0680. The third kappa shape index (κ3) is 3.30. The van der Waals surface area contributed by atoms with E-state index in [1.54, 1.807) is 0 Å². The topological polar surface area (TPSA) is 111 Å². The number of carbonyl (C=O) groups is 5. The Labute approximate surface area is 218 Å². The lowest BCUT2D eigenvalue weighted by Crippen LogP contribution is -2.30. The fourth-order valence-corrected chi connectivity index (χ4v) is 8.42. The van der Waals surface area contributed by atoms with Crippen molar-refractivity contribution in [3.05, 3.63) is 44.4 Å². The molecule has 0 radical (unpaired) electrons. The Hall–Kier alpha value is -3.27. The maximum Gasteiger partial charge on any atom is 0.372 e. The van der Waals surface area contributed by atoms with E-state index in [-0.39, 0.29) is 46.5 Å². The van der Waals surface area contributed by atoms with Crippen molar-refractivity contribution in [1.29, 1.82) is 0 Å². The van der Waals surface area contributed by atoms with Crippen molar-refractivity contribution in [1.82, 2.24) is 9.97 Å². The predicted molar refractivity (Wildman–Crippen MR) is 127 cm³/mol. The first-order chi connectivity index (χ1) is 17.4. The van der Waals surface area contributed by atoms with Crippen LogP contribution < -0.4 is 0 Å². The maximum absolute atomic E-state index is 13.7. The van der Waals surface area contributed by atoms with E-state index in [9.17, 15) is 41.5 Å². The van der Waals surface area contributed by atoms with Crippen LogP contribution in [0.4, 0.5) is 17.6 Å². The van der Waals surface area contributed by atoms with E-state index < -0.39 is 46.8 Å². The summed E-state index contributed by atoms with van der Waals surface area (Å²) in [4.78, 5) is 70.0. The molecule has 0 saturated carbocycles. The summed E-state index contributed by atoms with van der Waals surface area (Å²) in [6.07, 6.45) is -3.29. The van der Waals surface area contributed by atoms with E-state index in [1.165, 1.54) is 0 Å². The fraction of sp³-hybridized carbons (Fsp3) is 0.136. The van der Waals surface area contributed by atoms with Crippen LogP contribution in [-0.2, 0) is 0 Å². The molecule has 0 aliphatic heterocycles. The average molecular weight is 583 g/mol. The molecule has 186 valence electrons. The lowest BCUT2D eigenvalue weighted by atomic mass is 10.1. The van der Waals surface area contributed by atoms with Crippen molar-refractivity contribution >= 4 is 74.3 Å². The highest BCUT2D eigenvalue weighted by Crippen LogP contribution is 2.50. The number of alkyl halides is 4. The van der Waals surface area contributed by atoms with E-state index in [0.29, 0.717) is 21.1 Å². The number of thiazole rings is 2. The molecule has 4 heterocycles. The van der Waals surface area contributed by atoms with Gasteiger partial charge in [0, 0.05) is 11.1 Å². The molecule has 4 aromatic heterocycles. The Morgan fingerprint density at radius 1 is 0.838 bits per heavy atom. The second-order valence-corrected chi connectivity index (χ2v) is 12.0. The second-order valence-electron chi connectivity index (χ2n) is 7.88. The molecule has 0 amide bonds. The van der Waals surface area contributed by atoms with Crippen LogP contribution in [0.25, 0.3) is 29.5 Å². The van der Waals surface area contributed by atoms with Crippen LogP contribution in [-0.4, -0.2) is 51.2 Å². The van der Waals surface area contributed by atoms with Crippen LogP contribution in [0.15, 0.2) is 12.1 Å². The molecule has 37 heavy (non-hydrogen) atoms. The molecule has 0 bridgehead atoms. The van der Waals surface area contributed by atoms with Gasteiger partial charge in [0.2, 0.25) is 17.3 Å². The number of fused-ring (bicyclic) bond motifs is 4. The Kier molecular flexibility index (Phi) is 5.12. The predicted octanol–water partition coefficient (Wildman–Crippen LogP) is 5.93. The number of nitrogens with zero attached hydrogens (tertiary/aromatic N) is 2. The number of rotatable bonds is 5. The van der Waals surface area contributed by atoms with Gasteiger partial charge in [-0.1, -0.05) is 0 Å². The normalized spacial score (nSPS) is 15.5. The number of ketones is 5. The molecular weight excluding hydrogens is 577 g/mol. The Morgan fingerprint density at radius 2 is 1.41 bits per heavy atom. The second kappa shape index (κ2) is 7.86. The smallest absolute Gasteiger partial charge is 0.294 e. The van der Waals surface area contributed by atoms with Gasteiger partial charge in [-0.05, 0) is 19.1 Å². The van der Waals surface area contributed by atoms with Crippen molar-refractivity contribution in [2.45, 2.75) is 19.3 Å². The number of hydrogen-bond donors (Lipinski definition) is 0. The summed E-state index contributed by atoms with van der Waals surface area (Å²) in [5.74, 6) is -9.80. The Morgan fingerprint density at radius 3 is 1.92 bits per heavy atom. The van der Waals surface area contributed by atoms with Gasteiger partial charge in [0.05, 0.1) is 29.3 Å². The van der Waals surface area contributed by atoms with Gasteiger partial charge >= 0.3 is 12.3 Å². The number of Topliss-reactive ketones (excluding diaryl/α,β-unsaturated/α-hetero) is 4. The van der Waals surface area contributed by atoms with Crippen molar-refractivity contribution in [3.8, 4) is 29.5 Å². The summed E-state index contributed by atoms with van der Waals surface area (Å²) in [6.45, 7) is 1.15. The van der Waals surface area contributed by atoms with E-state index in [4.69, 9.17) is 0 Å². The first kappa shape index (κ1) is 24.1. The molecule has 4 aromatic rings. The summed E-state index contributed by atoms with van der Waals surface area (Å²) >= 11 is 3.60. The standard InChI is InChI=1S/C22H6F4N2O5S4/c1-4(29)13-5(11(30)19(23)24)2-7(34-13)20-27-9-12(31)10-16(15(9)36-20)37-21(28-10)8-3-6-14(35-8)18(33)22(25,26)17(6)32/h2-3,19H,1H3. The zero-order chi connectivity index (χ0) is 26.5. The van der Waals surface area contributed by atoms with Crippen LogP contribution in [0.3, 0.4) is 0 Å². The summed E-state index contributed by atoms with van der Waals surface area (Å²) in [5, 5.41) is 0.496.